The zero-order valence-corrected chi connectivity index (χ0v) is 10.3. The molecule has 0 fully saturated rings. The van der Waals surface area contributed by atoms with Crippen molar-refractivity contribution < 1.29 is 9.53 Å². The third kappa shape index (κ3) is 3.80. The highest BCUT2D eigenvalue weighted by Gasteiger charge is 2.22. The fourth-order valence-electron chi connectivity index (χ4n) is 1.12. The fraction of sp³-hybridized carbons (Fsp3) is 0.385. The Morgan fingerprint density at radius 2 is 2.06 bits per heavy atom. The second-order valence-corrected chi connectivity index (χ2v) is 4.65. The minimum absolute atomic E-state index is 0.0393. The van der Waals surface area contributed by atoms with Crippen LogP contribution in [0.2, 0.25) is 0 Å². The minimum Gasteiger partial charge on any atom is -0.477 e. The van der Waals surface area contributed by atoms with Gasteiger partial charge in [-0.3, -0.25) is 4.79 Å². The topological polar surface area (TPSA) is 62.1 Å². The summed E-state index contributed by atoms with van der Waals surface area (Å²) in [6.45, 7) is 5.46. The zero-order valence-electron chi connectivity index (χ0n) is 10.3. The summed E-state index contributed by atoms with van der Waals surface area (Å²) in [6.07, 6.45) is 0. The molecule has 1 aromatic rings. The molecule has 4 heteroatoms. The molecule has 0 radical (unpaired) electrons. The lowest BCUT2D eigenvalue weighted by molar-refractivity contribution is -0.123. The van der Waals surface area contributed by atoms with Gasteiger partial charge in [0.2, 0.25) is 5.91 Å². The van der Waals surface area contributed by atoms with Crippen molar-refractivity contribution in [1.82, 2.24) is 0 Å². The van der Waals surface area contributed by atoms with E-state index < -0.39 is 5.41 Å². The number of ether oxygens (including phenoxy) is 1. The SMILES string of the molecule is CC(C)(C)C(=O)Nc1ccccc1OCC#N. The number of hydrogen-bond donors (Lipinski definition) is 1. The molecule has 0 spiro atoms. The Kier molecular flexibility index (Phi) is 4.11. The summed E-state index contributed by atoms with van der Waals surface area (Å²) >= 11 is 0. The molecular formula is C13H16N2O2. The predicted octanol–water partition coefficient (Wildman–Crippen LogP) is 2.57. The van der Waals surface area contributed by atoms with Crippen LogP contribution in [0, 0.1) is 16.7 Å². The first-order valence-electron chi connectivity index (χ1n) is 5.35. The van der Waals surface area contributed by atoms with E-state index in [4.69, 9.17) is 10.00 Å². The van der Waals surface area contributed by atoms with Crippen LogP contribution in [0.1, 0.15) is 20.8 Å². The average molecular weight is 232 g/mol. The lowest BCUT2D eigenvalue weighted by Gasteiger charge is -2.19. The normalized spacial score (nSPS) is 10.5. The first-order chi connectivity index (χ1) is 7.95. The summed E-state index contributed by atoms with van der Waals surface area (Å²) in [5, 5.41) is 11.3. The van der Waals surface area contributed by atoms with Gasteiger partial charge < -0.3 is 10.1 Å². The molecule has 0 atom stereocenters. The average Bonchev–Trinajstić information content (AvgIpc) is 2.26. The van der Waals surface area contributed by atoms with Gasteiger partial charge in [0.1, 0.15) is 11.8 Å². The molecule has 0 heterocycles. The summed E-state index contributed by atoms with van der Waals surface area (Å²) < 4.78 is 5.22. The molecule has 0 aliphatic rings. The van der Waals surface area contributed by atoms with Crippen LogP contribution < -0.4 is 10.1 Å². The Morgan fingerprint density at radius 3 is 2.65 bits per heavy atom. The van der Waals surface area contributed by atoms with Crippen LogP contribution in [0.4, 0.5) is 5.69 Å². The van der Waals surface area contributed by atoms with E-state index in [0.717, 1.165) is 0 Å². The number of nitriles is 1. The fourth-order valence-corrected chi connectivity index (χ4v) is 1.12. The van der Waals surface area contributed by atoms with Gasteiger partial charge in [-0.2, -0.15) is 5.26 Å². The van der Waals surface area contributed by atoms with Gasteiger partial charge in [0.25, 0.3) is 0 Å². The minimum atomic E-state index is -0.470. The second-order valence-electron chi connectivity index (χ2n) is 4.65. The molecule has 0 bridgehead atoms. The lowest BCUT2D eigenvalue weighted by Crippen LogP contribution is -2.27. The smallest absolute Gasteiger partial charge is 0.229 e. The van der Waals surface area contributed by atoms with Crippen LogP contribution in [-0.4, -0.2) is 12.5 Å². The van der Waals surface area contributed by atoms with Gasteiger partial charge in [-0.05, 0) is 12.1 Å². The van der Waals surface area contributed by atoms with Crippen molar-refractivity contribution in [3.8, 4) is 11.8 Å². The maximum atomic E-state index is 11.8. The third-order valence-corrected chi connectivity index (χ3v) is 2.11. The van der Waals surface area contributed by atoms with Crippen LogP contribution in [-0.2, 0) is 4.79 Å². The molecule has 1 amide bonds. The van der Waals surface area contributed by atoms with Crippen molar-refractivity contribution in [2.24, 2.45) is 5.41 Å². The van der Waals surface area contributed by atoms with E-state index in [1.165, 1.54) is 0 Å². The molecule has 1 rings (SSSR count). The number of hydrogen-bond acceptors (Lipinski definition) is 3. The van der Waals surface area contributed by atoms with E-state index in [1.54, 1.807) is 24.3 Å². The van der Waals surface area contributed by atoms with Gasteiger partial charge in [0, 0.05) is 5.41 Å². The number of anilines is 1. The number of benzene rings is 1. The number of nitrogens with zero attached hydrogens (tertiary/aromatic N) is 1. The van der Waals surface area contributed by atoms with Crippen molar-refractivity contribution in [2.45, 2.75) is 20.8 Å². The highest BCUT2D eigenvalue weighted by atomic mass is 16.5. The number of carbonyl (C=O) groups excluding carboxylic acids is 1. The molecule has 0 unspecified atom stereocenters. The molecule has 1 N–H and O–H groups in total. The van der Waals surface area contributed by atoms with Crippen molar-refractivity contribution in [3.63, 3.8) is 0 Å². The van der Waals surface area contributed by atoms with E-state index in [1.807, 2.05) is 26.8 Å². The van der Waals surface area contributed by atoms with E-state index in [-0.39, 0.29) is 12.5 Å². The van der Waals surface area contributed by atoms with E-state index in [2.05, 4.69) is 5.32 Å². The van der Waals surface area contributed by atoms with Gasteiger partial charge in [-0.1, -0.05) is 32.9 Å². The molecule has 0 aliphatic carbocycles. The largest absolute Gasteiger partial charge is 0.477 e. The van der Waals surface area contributed by atoms with Crippen molar-refractivity contribution in [3.05, 3.63) is 24.3 Å². The van der Waals surface area contributed by atoms with Gasteiger partial charge >= 0.3 is 0 Å². The van der Waals surface area contributed by atoms with Gasteiger partial charge in [0.15, 0.2) is 6.61 Å². The lowest BCUT2D eigenvalue weighted by atomic mass is 9.95. The Hall–Kier alpha value is -2.02. The van der Waals surface area contributed by atoms with Gasteiger partial charge in [-0.25, -0.2) is 0 Å². The van der Waals surface area contributed by atoms with Crippen molar-refractivity contribution in [1.29, 1.82) is 5.26 Å². The van der Waals surface area contributed by atoms with E-state index in [0.29, 0.717) is 11.4 Å². The summed E-state index contributed by atoms with van der Waals surface area (Å²) in [7, 11) is 0. The molecule has 17 heavy (non-hydrogen) atoms. The third-order valence-electron chi connectivity index (χ3n) is 2.11. The van der Waals surface area contributed by atoms with Gasteiger partial charge in [-0.15, -0.1) is 0 Å². The molecule has 90 valence electrons. The van der Waals surface area contributed by atoms with Crippen LogP contribution in [0.25, 0.3) is 0 Å². The van der Waals surface area contributed by atoms with Crippen molar-refractivity contribution >= 4 is 11.6 Å². The first kappa shape index (κ1) is 13.0. The van der Waals surface area contributed by atoms with E-state index in [9.17, 15) is 4.79 Å². The summed E-state index contributed by atoms with van der Waals surface area (Å²) in [6, 6.07) is 8.95. The maximum absolute atomic E-state index is 11.8. The summed E-state index contributed by atoms with van der Waals surface area (Å²) in [5.74, 6) is 0.414. The standard InChI is InChI=1S/C13H16N2O2/c1-13(2,3)12(16)15-10-6-4-5-7-11(10)17-9-8-14/h4-7H,9H2,1-3H3,(H,15,16). The van der Waals surface area contributed by atoms with E-state index >= 15 is 0 Å². The maximum Gasteiger partial charge on any atom is 0.229 e. The molecule has 0 saturated carbocycles. The molecule has 0 aromatic heterocycles. The number of carbonyl (C=O) groups is 1. The highest BCUT2D eigenvalue weighted by Crippen LogP contribution is 2.26. The zero-order chi connectivity index (χ0) is 12.9. The first-order valence-corrected chi connectivity index (χ1v) is 5.35. The van der Waals surface area contributed by atoms with Crippen LogP contribution in [0.3, 0.4) is 0 Å². The van der Waals surface area contributed by atoms with Crippen molar-refractivity contribution in [2.75, 3.05) is 11.9 Å². The predicted molar refractivity (Wildman–Crippen MR) is 65.6 cm³/mol. The molecule has 0 aliphatic heterocycles. The number of rotatable bonds is 3. The molecular weight excluding hydrogens is 216 g/mol. The molecule has 1 aromatic carbocycles. The number of nitrogens with one attached hydrogen (secondary N) is 1. The van der Waals surface area contributed by atoms with Crippen LogP contribution in [0.5, 0.6) is 5.75 Å². The summed E-state index contributed by atoms with van der Waals surface area (Å²) in [5.41, 5.74) is 0.116. The Labute approximate surface area is 101 Å². The number of amides is 1. The Bertz CT molecular complexity index is 441. The molecule has 4 nitrogen and oxygen atoms in total. The van der Waals surface area contributed by atoms with Gasteiger partial charge in [0.05, 0.1) is 5.69 Å². The van der Waals surface area contributed by atoms with Crippen LogP contribution >= 0.6 is 0 Å². The summed E-state index contributed by atoms with van der Waals surface area (Å²) in [4.78, 5) is 11.8. The molecule has 0 saturated heterocycles. The highest BCUT2D eigenvalue weighted by molar-refractivity contribution is 5.95. The Morgan fingerprint density at radius 1 is 1.41 bits per heavy atom. The second kappa shape index (κ2) is 5.35. The Balaban J connectivity index is 2.84. The quantitative estimate of drug-likeness (QED) is 0.871. The number of para-hydroxylation sites is 2. The van der Waals surface area contributed by atoms with Crippen LogP contribution in [0.15, 0.2) is 24.3 Å². The monoisotopic (exact) mass is 232 g/mol.